The Morgan fingerprint density at radius 1 is 1.21 bits per heavy atom. The molecule has 0 aliphatic rings. The van der Waals surface area contributed by atoms with Gasteiger partial charge in [0.15, 0.2) is 0 Å². The van der Waals surface area contributed by atoms with Gasteiger partial charge in [-0.1, -0.05) is 23.7 Å². The van der Waals surface area contributed by atoms with Crippen molar-refractivity contribution in [3.05, 3.63) is 59.1 Å². The summed E-state index contributed by atoms with van der Waals surface area (Å²) >= 11 is 7.48. The number of rotatable bonds is 9. The quantitative estimate of drug-likeness (QED) is 0.623. The number of carbonyl (C=O) groups is 2. The summed E-state index contributed by atoms with van der Waals surface area (Å²) in [6.45, 7) is 2.08. The highest BCUT2D eigenvalue weighted by Gasteiger charge is 2.25. The van der Waals surface area contributed by atoms with Crippen molar-refractivity contribution in [3.8, 4) is 5.75 Å². The van der Waals surface area contributed by atoms with Crippen molar-refractivity contribution >= 4 is 35.2 Å². The van der Waals surface area contributed by atoms with Crippen LogP contribution < -0.4 is 10.1 Å². The van der Waals surface area contributed by atoms with E-state index in [2.05, 4.69) is 5.32 Å². The molecule has 0 radical (unpaired) electrons. The lowest BCUT2D eigenvalue weighted by Gasteiger charge is -2.28. The normalized spacial score (nSPS) is 11.6. The smallest absolute Gasteiger partial charge is 0.242 e. The SMILES string of the molecule is CNC(=O)C(C)N(Cc1cccc(OC)c1)C(=O)CCSc1ccc(Cl)cc1. The number of amides is 2. The number of likely N-dealkylation sites (N-methyl/N-ethyl adjacent to an activating group) is 1. The van der Waals surface area contributed by atoms with Crippen molar-refractivity contribution in [2.45, 2.75) is 30.8 Å². The number of halogens is 1. The van der Waals surface area contributed by atoms with Gasteiger partial charge in [-0.25, -0.2) is 0 Å². The van der Waals surface area contributed by atoms with Crippen LogP contribution in [-0.2, 0) is 16.1 Å². The highest BCUT2D eigenvalue weighted by Crippen LogP contribution is 2.22. The molecule has 0 spiro atoms. The minimum atomic E-state index is -0.566. The molecule has 1 unspecified atom stereocenters. The predicted octanol–water partition coefficient (Wildman–Crippen LogP) is 3.99. The molecule has 0 saturated carbocycles. The molecule has 1 atom stereocenters. The molecule has 0 aliphatic heterocycles. The van der Waals surface area contributed by atoms with Crippen molar-refractivity contribution in [3.63, 3.8) is 0 Å². The highest BCUT2D eigenvalue weighted by molar-refractivity contribution is 7.99. The number of nitrogens with one attached hydrogen (secondary N) is 1. The zero-order chi connectivity index (χ0) is 20.5. The maximum Gasteiger partial charge on any atom is 0.242 e. The summed E-state index contributed by atoms with van der Waals surface area (Å²) in [4.78, 5) is 27.7. The largest absolute Gasteiger partial charge is 0.497 e. The fourth-order valence-corrected chi connectivity index (χ4v) is 3.66. The molecular formula is C21H25ClN2O3S. The predicted molar refractivity (Wildman–Crippen MR) is 114 cm³/mol. The molecule has 1 N–H and O–H groups in total. The standard InChI is InChI=1S/C21H25ClN2O3S/c1-15(21(26)23-2)24(14-16-5-4-6-18(13-16)27-3)20(25)11-12-28-19-9-7-17(22)8-10-19/h4-10,13,15H,11-12,14H2,1-3H3,(H,23,26). The third-order valence-corrected chi connectivity index (χ3v) is 5.56. The Labute approximate surface area is 175 Å². The molecule has 2 rings (SSSR count). The van der Waals surface area contributed by atoms with Gasteiger partial charge in [-0.2, -0.15) is 0 Å². The molecule has 0 aromatic heterocycles. The van der Waals surface area contributed by atoms with E-state index in [1.54, 1.807) is 37.7 Å². The number of benzene rings is 2. The van der Waals surface area contributed by atoms with E-state index >= 15 is 0 Å². The summed E-state index contributed by atoms with van der Waals surface area (Å²) in [6, 6.07) is 14.5. The van der Waals surface area contributed by atoms with Crippen molar-refractivity contribution in [2.75, 3.05) is 19.9 Å². The molecule has 0 fully saturated rings. The Balaban J connectivity index is 2.05. The first-order valence-electron chi connectivity index (χ1n) is 8.97. The van der Waals surface area contributed by atoms with Gasteiger partial charge in [0.1, 0.15) is 11.8 Å². The molecule has 0 saturated heterocycles. The molecule has 0 heterocycles. The number of methoxy groups -OCH3 is 1. The van der Waals surface area contributed by atoms with Gasteiger partial charge in [0, 0.05) is 35.7 Å². The molecular weight excluding hydrogens is 396 g/mol. The van der Waals surface area contributed by atoms with E-state index in [1.807, 2.05) is 48.5 Å². The van der Waals surface area contributed by atoms with E-state index in [9.17, 15) is 9.59 Å². The number of hydrogen-bond acceptors (Lipinski definition) is 4. The maximum absolute atomic E-state index is 12.9. The van der Waals surface area contributed by atoms with Gasteiger partial charge >= 0.3 is 0 Å². The van der Waals surface area contributed by atoms with Gasteiger partial charge in [0.25, 0.3) is 0 Å². The minimum Gasteiger partial charge on any atom is -0.497 e. The molecule has 150 valence electrons. The summed E-state index contributed by atoms with van der Waals surface area (Å²) in [5.41, 5.74) is 0.911. The first-order valence-corrected chi connectivity index (χ1v) is 10.3. The van der Waals surface area contributed by atoms with Crippen LogP contribution in [-0.4, -0.2) is 42.7 Å². The number of carbonyl (C=O) groups excluding carboxylic acids is 2. The first kappa shape index (κ1) is 22.1. The Hall–Kier alpha value is -2.18. The molecule has 0 bridgehead atoms. The number of nitrogens with zero attached hydrogens (tertiary/aromatic N) is 1. The Morgan fingerprint density at radius 3 is 2.57 bits per heavy atom. The summed E-state index contributed by atoms with van der Waals surface area (Å²) in [6.07, 6.45) is 0.332. The van der Waals surface area contributed by atoms with Crippen molar-refractivity contribution in [2.24, 2.45) is 0 Å². The second-order valence-electron chi connectivity index (χ2n) is 6.22. The molecule has 2 amide bonds. The summed E-state index contributed by atoms with van der Waals surface area (Å²) in [5, 5.41) is 3.30. The summed E-state index contributed by atoms with van der Waals surface area (Å²) < 4.78 is 5.25. The molecule has 7 heteroatoms. The highest BCUT2D eigenvalue weighted by atomic mass is 35.5. The van der Waals surface area contributed by atoms with Crippen molar-refractivity contribution < 1.29 is 14.3 Å². The zero-order valence-corrected chi connectivity index (χ0v) is 17.8. The van der Waals surface area contributed by atoms with Gasteiger partial charge in [-0.05, 0) is 48.9 Å². The zero-order valence-electron chi connectivity index (χ0n) is 16.3. The van der Waals surface area contributed by atoms with Crippen molar-refractivity contribution in [1.82, 2.24) is 10.2 Å². The summed E-state index contributed by atoms with van der Waals surface area (Å²) in [7, 11) is 3.17. The second-order valence-corrected chi connectivity index (χ2v) is 7.82. The molecule has 0 aliphatic carbocycles. The lowest BCUT2D eigenvalue weighted by molar-refractivity contribution is -0.140. The van der Waals surface area contributed by atoms with E-state index in [-0.39, 0.29) is 11.8 Å². The Bertz CT molecular complexity index is 798. The topological polar surface area (TPSA) is 58.6 Å². The van der Waals surface area contributed by atoms with E-state index in [1.165, 1.54) is 0 Å². The van der Waals surface area contributed by atoms with Crippen LogP contribution in [0.15, 0.2) is 53.4 Å². The van der Waals surface area contributed by atoms with Gasteiger partial charge in [0.05, 0.1) is 7.11 Å². The van der Waals surface area contributed by atoms with Gasteiger partial charge in [0.2, 0.25) is 11.8 Å². The minimum absolute atomic E-state index is 0.0691. The molecule has 28 heavy (non-hydrogen) atoms. The Kier molecular flexibility index (Phi) is 8.67. The van der Waals surface area contributed by atoms with Crippen LogP contribution in [0.2, 0.25) is 5.02 Å². The molecule has 5 nitrogen and oxygen atoms in total. The van der Waals surface area contributed by atoms with E-state index < -0.39 is 6.04 Å². The van der Waals surface area contributed by atoms with E-state index in [0.29, 0.717) is 23.7 Å². The number of thioether (sulfide) groups is 1. The van der Waals surface area contributed by atoms with Crippen LogP contribution in [0.4, 0.5) is 0 Å². The maximum atomic E-state index is 12.9. The van der Waals surface area contributed by atoms with E-state index in [4.69, 9.17) is 16.3 Å². The van der Waals surface area contributed by atoms with Crippen LogP contribution >= 0.6 is 23.4 Å². The fourth-order valence-electron chi connectivity index (χ4n) is 2.69. The van der Waals surface area contributed by atoms with Gasteiger partial charge in [-0.15, -0.1) is 11.8 Å². The monoisotopic (exact) mass is 420 g/mol. The van der Waals surface area contributed by atoms with Crippen LogP contribution in [0.3, 0.4) is 0 Å². The third-order valence-electron chi connectivity index (χ3n) is 4.30. The van der Waals surface area contributed by atoms with Crippen LogP contribution in [0.25, 0.3) is 0 Å². The van der Waals surface area contributed by atoms with Crippen molar-refractivity contribution in [1.29, 1.82) is 0 Å². The molecule has 2 aromatic rings. The number of hydrogen-bond donors (Lipinski definition) is 1. The summed E-state index contributed by atoms with van der Waals surface area (Å²) in [5.74, 6) is 1.08. The third kappa shape index (κ3) is 6.46. The fraction of sp³-hybridized carbons (Fsp3) is 0.333. The first-order chi connectivity index (χ1) is 13.4. The average molecular weight is 421 g/mol. The number of ether oxygens (including phenoxy) is 1. The van der Waals surface area contributed by atoms with E-state index in [0.717, 1.165) is 16.2 Å². The van der Waals surface area contributed by atoms with Gasteiger partial charge < -0.3 is 15.0 Å². The molecule has 2 aromatic carbocycles. The second kappa shape index (κ2) is 11.0. The van der Waals surface area contributed by atoms with Gasteiger partial charge in [-0.3, -0.25) is 9.59 Å². The van der Waals surface area contributed by atoms with Crippen LogP contribution in [0.5, 0.6) is 5.75 Å². The van der Waals surface area contributed by atoms with Crippen LogP contribution in [0.1, 0.15) is 18.9 Å². The lowest BCUT2D eigenvalue weighted by Crippen LogP contribution is -2.46. The Morgan fingerprint density at radius 2 is 1.93 bits per heavy atom. The lowest BCUT2D eigenvalue weighted by atomic mass is 10.1. The van der Waals surface area contributed by atoms with Crippen LogP contribution in [0, 0.1) is 0 Å². The average Bonchev–Trinajstić information content (AvgIpc) is 2.72.